The molecule has 3 aromatic rings. The van der Waals surface area contributed by atoms with E-state index in [1.165, 1.54) is 20.3 Å². The van der Waals surface area contributed by atoms with E-state index in [2.05, 4.69) is 9.71 Å². The number of anilines is 1. The van der Waals surface area contributed by atoms with Crippen molar-refractivity contribution in [2.24, 2.45) is 0 Å². The quantitative estimate of drug-likeness (QED) is 0.698. The summed E-state index contributed by atoms with van der Waals surface area (Å²) in [5.41, 5.74) is 2.79. The monoisotopic (exact) mass is 384 g/mol. The van der Waals surface area contributed by atoms with Gasteiger partial charge in [0, 0.05) is 17.8 Å². The maximum Gasteiger partial charge on any atom is 0.265 e. The second-order valence-corrected chi connectivity index (χ2v) is 7.49. The first-order valence-corrected chi connectivity index (χ1v) is 9.70. The Morgan fingerprint density at radius 3 is 2.44 bits per heavy atom. The van der Waals surface area contributed by atoms with Crippen LogP contribution in [0.5, 0.6) is 11.5 Å². The number of sulfonamides is 1. The number of rotatable bonds is 6. The Labute approximate surface area is 158 Å². The molecule has 0 amide bonds. The molecule has 0 unspecified atom stereocenters. The van der Waals surface area contributed by atoms with Crippen molar-refractivity contribution in [3.05, 3.63) is 66.4 Å². The standard InChI is InChI=1S/C20H20N2O4S/c1-14-7-4-5-8-16(14)20-17(9-6-12-21-20)22-27(23,24)19-13-15(25-2)10-11-18(19)26-3/h4-13,22H,1-3H3. The topological polar surface area (TPSA) is 77.5 Å². The smallest absolute Gasteiger partial charge is 0.265 e. The summed E-state index contributed by atoms with van der Waals surface area (Å²) in [6.07, 6.45) is 1.63. The van der Waals surface area contributed by atoms with Crippen molar-refractivity contribution in [1.29, 1.82) is 0 Å². The summed E-state index contributed by atoms with van der Waals surface area (Å²) in [6, 6.07) is 15.6. The van der Waals surface area contributed by atoms with Gasteiger partial charge in [-0.15, -0.1) is 0 Å². The average Bonchev–Trinajstić information content (AvgIpc) is 2.68. The molecule has 0 atom stereocenters. The summed E-state index contributed by atoms with van der Waals surface area (Å²) >= 11 is 0. The lowest BCUT2D eigenvalue weighted by Gasteiger charge is -2.15. The Morgan fingerprint density at radius 2 is 1.74 bits per heavy atom. The molecule has 6 nitrogen and oxygen atoms in total. The predicted molar refractivity (Wildman–Crippen MR) is 105 cm³/mol. The first-order valence-electron chi connectivity index (χ1n) is 8.22. The summed E-state index contributed by atoms with van der Waals surface area (Å²) in [7, 11) is -1.03. The summed E-state index contributed by atoms with van der Waals surface area (Å²) in [6.45, 7) is 1.95. The van der Waals surface area contributed by atoms with Gasteiger partial charge in [-0.1, -0.05) is 24.3 Å². The van der Waals surface area contributed by atoms with Crippen LogP contribution in [0.15, 0.2) is 65.7 Å². The van der Waals surface area contributed by atoms with Crippen LogP contribution in [0, 0.1) is 6.92 Å². The highest BCUT2D eigenvalue weighted by Crippen LogP contribution is 2.33. The van der Waals surface area contributed by atoms with Gasteiger partial charge >= 0.3 is 0 Å². The molecule has 140 valence electrons. The van der Waals surface area contributed by atoms with Crippen molar-refractivity contribution in [2.75, 3.05) is 18.9 Å². The number of benzene rings is 2. The summed E-state index contributed by atoms with van der Waals surface area (Å²) in [5.74, 6) is 0.645. The van der Waals surface area contributed by atoms with E-state index in [-0.39, 0.29) is 10.6 Å². The van der Waals surface area contributed by atoms with Crippen molar-refractivity contribution in [3.63, 3.8) is 0 Å². The second kappa shape index (κ2) is 7.67. The molecule has 1 N–H and O–H groups in total. The fourth-order valence-electron chi connectivity index (χ4n) is 2.73. The van der Waals surface area contributed by atoms with E-state index in [1.807, 2.05) is 31.2 Å². The van der Waals surface area contributed by atoms with Crippen LogP contribution in [0.2, 0.25) is 0 Å². The van der Waals surface area contributed by atoms with E-state index in [9.17, 15) is 8.42 Å². The van der Waals surface area contributed by atoms with Crippen LogP contribution in [0.3, 0.4) is 0 Å². The number of ether oxygens (including phenoxy) is 2. The minimum Gasteiger partial charge on any atom is -0.497 e. The largest absolute Gasteiger partial charge is 0.497 e. The van der Waals surface area contributed by atoms with E-state index >= 15 is 0 Å². The van der Waals surface area contributed by atoms with Gasteiger partial charge in [-0.2, -0.15) is 0 Å². The van der Waals surface area contributed by atoms with Crippen LogP contribution in [-0.4, -0.2) is 27.6 Å². The average molecular weight is 384 g/mol. The molecular weight excluding hydrogens is 364 g/mol. The third kappa shape index (κ3) is 3.88. The number of methoxy groups -OCH3 is 2. The van der Waals surface area contributed by atoms with E-state index in [4.69, 9.17) is 9.47 Å². The van der Waals surface area contributed by atoms with Gasteiger partial charge in [-0.05, 0) is 36.8 Å². The maximum atomic E-state index is 13.0. The molecule has 0 aliphatic heterocycles. The second-order valence-electron chi connectivity index (χ2n) is 5.84. The first-order chi connectivity index (χ1) is 13.0. The van der Waals surface area contributed by atoms with E-state index in [0.29, 0.717) is 17.1 Å². The molecule has 0 bridgehead atoms. The van der Waals surface area contributed by atoms with Crippen molar-refractivity contribution >= 4 is 15.7 Å². The molecule has 0 fully saturated rings. The molecule has 0 saturated heterocycles. The number of aryl methyl sites for hydroxylation is 1. The molecule has 2 aromatic carbocycles. The highest BCUT2D eigenvalue weighted by atomic mass is 32.2. The number of hydrogen-bond acceptors (Lipinski definition) is 5. The van der Waals surface area contributed by atoms with Gasteiger partial charge < -0.3 is 9.47 Å². The summed E-state index contributed by atoms with van der Waals surface area (Å²) < 4.78 is 39.1. The molecule has 0 radical (unpaired) electrons. The fraction of sp³-hybridized carbons (Fsp3) is 0.150. The molecule has 7 heteroatoms. The number of aromatic nitrogens is 1. The van der Waals surface area contributed by atoms with Crippen LogP contribution in [0.4, 0.5) is 5.69 Å². The Hall–Kier alpha value is -3.06. The Kier molecular flexibility index (Phi) is 5.32. The van der Waals surface area contributed by atoms with Gasteiger partial charge in [0.2, 0.25) is 0 Å². The third-order valence-corrected chi connectivity index (χ3v) is 5.50. The molecular formula is C20H20N2O4S. The van der Waals surface area contributed by atoms with E-state index in [0.717, 1.165) is 11.1 Å². The predicted octanol–water partition coefficient (Wildman–Crippen LogP) is 3.88. The lowest BCUT2D eigenvalue weighted by molar-refractivity contribution is 0.392. The van der Waals surface area contributed by atoms with Crippen molar-refractivity contribution in [2.45, 2.75) is 11.8 Å². The van der Waals surface area contributed by atoms with E-state index in [1.54, 1.807) is 30.5 Å². The van der Waals surface area contributed by atoms with Crippen molar-refractivity contribution in [1.82, 2.24) is 4.98 Å². The normalized spacial score (nSPS) is 11.1. The minimum absolute atomic E-state index is 0.0102. The molecule has 3 rings (SSSR count). The Morgan fingerprint density at radius 1 is 0.963 bits per heavy atom. The molecule has 0 aliphatic rings. The molecule has 27 heavy (non-hydrogen) atoms. The van der Waals surface area contributed by atoms with Crippen LogP contribution in [0.25, 0.3) is 11.3 Å². The SMILES string of the molecule is COc1ccc(OC)c(S(=O)(=O)Nc2cccnc2-c2ccccc2C)c1. The molecule has 1 aromatic heterocycles. The fourth-order valence-corrected chi connectivity index (χ4v) is 3.99. The van der Waals surface area contributed by atoms with Gasteiger partial charge in [0.1, 0.15) is 16.4 Å². The Bertz CT molecular complexity index is 1070. The number of nitrogens with zero attached hydrogens (tertiary/aromatic N) is 1. The lowest BCUT2D eigenvalue weighted by Crippen LogP contribution is -2.15. The third-order valence-electron chi connectivity index (χ3n) is 4.11. The molecule has 0 spiro atoms. The first kappa shape index (κ1) is 18.7. The highest BCUT2D eigenvalue weighted by molar-refractivity contribution is 7.92. The number of hydrogen-bond donors (Lipinski definition) is 1. The highest BCUT2D eigenvalue weighted by Gasteiger charge is 2.22. The van der Waals surface area contributed by atoms with Gasteiger partial charge in [0.05, 0.1) is 25.6 Å². The molecule has 0 saturated carbocycles. The number of nitrogens with one attached hydrogen (secondary N) is 1. The molecule has 1 heterocycles. The summed E-state index contributed by atoms with van der Waals surface area (Å²) in [5, 5.41) is 0. The minimum atomic E-state index is -3.93. The lowest BCUT2D eigenvalue weighted by atomic mass is 10.0. The number of pyridine rings is 1. The van der Waals surface area contributed by atoms with Gasteiger partial charge in [0.25, 0.3) is 10.0 Å². The van der Waals surface area contributed by atoms with Crippen LogP contribution < -0.4 is 14.2 Å². The van der Waals surface area contributed by atoms with Crippen LogP contribution >= 0.6 is 0 Å². The summed E-state index contributed by atoms with van der Waals surface area (Å²) in [4.78, 5) is 4.37. The van der Waals surface area contributed by atoms with Crippen LogP contribution in [0.1, 0.15) is 5.56 Å². The van der Waals surface area contributed by atoms with Crippen LogP contribution in [-0.2, 0) is 10.0 Å². The molecule has 0 aliphatic carbocycles. The van der Waals surface area contributed by atoms with Gasteiger partial charge in [-0.25, -0.2) is 8.42 Å². The van der Waals surface area contributed by atoms with Crippen molar-refractivity contribution < 1.29 is 17.9 Å². The zero-order valence-corrected chi connectivity index (χ0v) is 16.1. The Balaban J connectivity index is 2.07. The van der Waals surface area contributed by atoms with Crippen molar-refractivity contribution in [3.8, 4) is 22.8 Å². The van der Waals surface area contributed by atoms with Gasteiger partial charge in [0.15, 0.2) is 0 Å². The van der Waals surface area contributed by atoms with E-state index < -0.39 is 10.0 Å². The van der Waals surface area contributed by atoms with Gasteiger partial charge in [-0.3, -0.25) is 9.71 Å². The zero-order chi connectivity index (χ0) is 19.4. The maximum absolute atomic E-state index is 13.0. The zero-order valence-electron chi connectivity index (χ0n) is 15.3.